The predicted molar refractivity (Wildman–Crippen MR) is 142 cm³/mol. The maximum absolute atomic E-state index is 13.1. The quantitative estimate of drug-likeness (QED) is 0.444. The standard InChI is InChI=1S/C27H41N5O6/c1-19-27(37)31(2)11-3-4-12-32(25(35)14-20-6-9-28-10-7-20)13-5-8-29-26(36)21-15-22(33)17-23(16-21)38-18-24(34)30-19/h15-17,19-20,28,33H,3-14,18H2,1-2H3,(H,29,36)(H,30,34)/t19-/m0/s1. The van der Waals surface area contributed by atoms with Crippen LogP contribution in [0.3, 0.4) is 0 Å². The van der Waals surface area contributed by atoms with Crippen LogP contribution in [0.25, 0.3) is 0 Å². The first kappa shape index (κ1) is 29.2. The van der Waals surface area contributed by atoms with Crippen molar-refractivity contribution in [1.29, 1.82) is 0 Å². The number of nitrogens with one attached hydrogen (secondary N) is 3. The summed E-state index contributed by atoms with van der Waals surface area (Å²) in [6, 6.07) is 3.33. The molecule has 0 radical (unpaired) electrons. The highest BCUT2D eigenvalue weighted by Gasteiger charge is 2.22. The molecule has 1 fully saturated rings. The molecule has 0 spiro atoms. The second-order valence-electron chi connectivity index (χ2n) is 10.1. The summed E-state index contributed by atoms with van der Waals surface area (Å²) in [6.45, 7) is 5.09. The van der Waals surface area contributed by atoms with Gasteiger partial charge in [0, 0.05) is 51.3 Å². The van der Waals surface area contributed by atoms with Crippen molar-refractivity contribution in [3.05, 3.63) is 23.8 Å². The Balaban J connectivity index is 1.69. The molecule has 1 aromatic carbocycles. The highest BCUT2D eigenvalue weighted by atomic mass is 16.5. The van der Waals surface area contributed by atoms with Crippen LogP contribution in [0.1, 0.15) is 55.8 Å². The summed E-state index contributed by atoms with van der Waals surface area (Å²) in [5.41, 5.74) is 0.193. The maximum atomic E-state index is 13.1. The molecule has 1 aromatic rings. The van der Waals surface area contributed by atoms with Crippen LogP contribution >= 0.6 is 0 Å². The molecule has 2 aliphatic heterocycles. The monoisotopic (exact) mass is 531 g/mol. The number of benzene rings is 1. The van der Waals surface area contributed by atoms with Gasteiger partial charge in [-0.2, -0.15) is 0 Å². The SMILES string of the molecule is C[C@@H]1NC(=O)COc2cc(O)cc(c2)C(=O)NCCCN(C(=O)CC2CCNCC2)CCCCN(C)C1=O. The second-order valence-corrected chi connectivity index (χ2v) is 10.1. The van der Waals surface area contributed by atoms with Gasteiger partial charge in [0.2, 0.25) is 11.8 Å². The Morgan fingerprint density at radius 2 is 1.74 bits per heavy atom. The van der Waals surface area contributed by atoms with E-state index >= 15 is 0 Å². The minimum Gasteiger partial charge on any atom is -0.508 e. The van der Waals surface area contributed by atoms with Gasteiger partial charge >= 0.3 is 0 Å². The number of ether oxygens (including phenoxy) is 1. The Kier molecular flexibility index (Phi) is 11.2. The van der Waals surface area contributed by atoms with E-state index in [1.165, 1.54) is 18.2 Å². The first-order chi connectivity index (χ1) is 18.2. The van der Waals surface area contributed by atoms with E-state index in [2.05, 4.69) is 16.0 Å². The van der Waals surface area contributed by atoms with Crippen molar-refractivity contribution in [2.24, 2.45) is 5.92 Å². The van der Waals surface area contributed by atoms with Gasteiger partial charge in [0.25, 0.3) is 11.8 Å². The minimum absolute atomic E-state index is 0.126. The van der Waals surface area contributed by atoms with Gasteiger partial charge < -0.3 is 35.6 Å². The number of fused-ring (bicyclic) bond motifs is 2. The minimum atomic E-state index is -0.740. The number of rotatable bonds is 2. The first-order valence-electron chi connectivity index (χ1n) is 13.5. The van der Waals surface area contributed by atoms with Crippen LogP contribution in [0.15, 0.2) is 18.2 Å². The van der Waals surface area contributed by atoms with E-state index in [0.29, 0.717) is 44.9 Å². The van der Waals surface area contributed by atoms with Crippen LogP contribution in [0.4, 0.5) is 0 Å². The lowest BCUT2D eigenvalue weighted by Gasteiger charge is -2.28. The molecular weight excluding hydrogens is 490 g/mol. The summed E-state index contributed by atoms with van der Waals surface area (Å²) in [5.74, 6) is -0.609. The van der Waals surface area contributed by atoms with Crippen LogP contribution in [-0.4, -0.2) is 97.5 Å². The Labute approximate surface area is 224 Å². The second kappa shape index (κ2) is 14.6. The fourth-order valence-corrected chi connectivity index (χ4v) is 4.78. The zero-order chi connectivity index (χ0) is 27.5. The Hall–Kier alpha value is -3.34. The summed E-state index contributed by atoms with van der Waals surface area (Å²) in [5, 5.41) is 18.8. The fraction of sp³-hybridized carbons (Fsp3) is 0.630. The van der Waals surface area contributed by atoms with Crippen molar-refractivity contribution in [3.8, 4) is 11.5 Å². The topological polar surface area (TPSA) is 140 Å². The predicted octanol–water partition coefficient (Wildman–Crippen LogP) is 0.866. The number of nitrogens with zero attached hydrogens (tertiary/aromatic N) is 2. The number of hydrogen-bond donors (Lipinski definition) is 4. The lowest BCUT2D eigenvalue weighted by molar-refractivity contribution is -0.135. The van der Waals surface area contributed by atoms with Gasteiger partial charge in [-0.25, -0.2) is 0 Å². The molecule has 0 aromatic heterocycles. The molecule has 4 amide bonds. The Morgan fingerprint density at radius 3 is 2.50 bits per heavy atom. The summed E-state index contributed by atoms with van der Waals surface area (Å²) in [7, 11) is 1.70. The molecule has 2 heterocycles. The first-order valence-corrected chi connectivity index (χ1v) is 13.5. The van der Waals surface area contributed by atoms with Crippen molar-refractivity contribution in [3.63, 3.8) is 0 Å². The summed E-state index contributed by atoms with van der Waals surface area (Å²) >= 11 is 0. The maximum Gasteiger partial charge on any atom is 0.258 e. The third-order valence-corrected chi connectivity index (χ3v) is 6.98. The Morgan fingerprint density at radius 1 is 1.03 bits per heavy atom. The lowest BCUT2D eigenvalue weighted by atomic mass is 9.94. The summed E-state index contributed by atoms with van der Waals surface area (Å²) in [4.78, 5) is 54.3. The van der Waals surface area contributed by atoms with E-state index in [0.717, 1.165) is 38.8 Å². The summed E-state index contributed by atoms with van der Waals surface area (Å²) < 4.78 is 5.46. The average molecular weight is 532 g/mol. The van der Waals surface area contributed by atoms with Crippen LogP contribution in [0.5, 0.6) is 11.5 Å². The van der Waals surface area contributed by atoms with E-state index in [4.69, 9.17) is 4.74 Å². The normalized spacial score (nSPS) is 21.7. The number of hydrogen-bond acceptors (Lipinski definition) is 7. The third kappa shape index (κ3) is 9.20. The van der Waals surface area contributed by atoms with Crippen LogP contribution in [-0.2, 0) is 14.4 Å². The number of likely N-dealkylation sites (N-methyl/N-ethyl adjacent to an activating group) is 1. The van der Waals surface area contributed by atoms with E-state index in [1.807, 2.05) is 4.90 Å². The van der Waals surface area contributed by atoms with Gasteiger partial charge in [0.15, 0.2) is 6.61 Å². The molecule has 11 nitrogen and oxygen atoms in total. The van der Waals surface area contributed by atoms with Crippen LogP contribution in [0, 0.1) is 5.92 Å². The van der Waals surface area contributed by atoms with Gasteiger partial charge in [-0.1, -0.05) is 0 Å². The molecular formula is C27H41N5O6. The largest absolute Gasteiger partial charge is 0.508 e. The van der Waals surface area contributed by atoms with Crippen molar-refractivity contribution >= 4 is 23.6 Å². The molecule has 38 heavy (non-hydrogen) atoms. The number of carbonyl (C=O) groups is 4. The third-order valence-electron chi connectivity index (χ3n) is 6.98. The van der Waals surface area contributed by atoms with E-state index in [1.54, 1.807) is 18.9 Å². The number of piperidine rings is 1. The van der Waals surface area contributed by atoms with Crippen LogP contribution < -0.4 is 20.7 Å². The molecule has 0 aliphatic carbocycles. The highest BCUT2D eigenvalue weighted by Crippen LogP contribution is 2.22. The lowest BCUT2D eigenvalue weighted by Crippen LogP contribution is -2.47. The van der Waals surface area contributed by atoms with Gasteiger partial charge in [0.1, 0.15) is 17.5 Å². The number of amides is 4. The molecule has 4 N–H and O–H groups in total. The van der Waals surface area contributed by atoms with Gasteiger partial charge in [-0.05, 0) is 70.2 Å². The van der Waals surface area contributed by atoms with Crippen molar-refractivity contribution < 1.29 is 29.0 Å². The van der Waals surface area contributed by atoms with Gasteiger partial charge in [0.05, 0.1) is 0 Å². The van der Waals surface area contributed by atoms with Crippen LogP contribution in [0.2, 0.25) is 0 Å². The van der Waals surface area contributed by atoms with Crippen molar-refractivity contribution in [1.82, 2.24) is 25.8 Å². The van der Waals surface area contributed by atoms with E-state index in [-0.39, 0.29) is 41.4 Å². The van der Waals surface area contributed by atoms with Crippen molar-refractivity contribution in [2.75, 3.05) is 52.9 Å². The molecule has 1 atom stereocenters. The number of aromatic hydroxyl groups is 1. The molecule has 3 rings (SSSR count). The molecule has 210 valence electrons. The van der Waals surface area contributed by atoms with Gasteiger partial charge in [-0.15, -0.1) is 0 Å². The number of phenols is 1. The number of carbonyl (C=O) groups excluding carboxylic acids is 4. The Bertz CT molecular complexity index is 981. The summed E-state index contributed by atoms with van der Waals surface area (Å²) in [6.07, 6.45) is 4.55. The molecule has 0 unspecified atom stereocenters. The van der Waals surface area contributed by atoms with E-state index < -0.39 is 11.9 Å². The average Bonchev–Trinajstić information content (AvgIpc) is 2.89. The fourth-order valence-electron chi connectivity index (χ4n) is 4.78. The van der Waals surface area contributed by atoms with Gasteiger partial charge in [-0.3, -0.25) is 19.2 Å². The molecule has 0 saturated carbocycles. The smallest absolute Gasteiger partial charge is 0.258 e. The molecule has 11 heteroatoms. The molecule has 2 aliphatic rings. The molecule has 2 bridgehead atoms. The van der Waals surface area contributed by atoms with Crippen molar-refractivity contribution in [2.45, 2.75) is 51.5 Å². The number of phenolic OH excluding ortho intramolecular Hbond substituents is 1. The zero-order valence-corrected chi connectivity index (χ0v) is 22.5. The highest BCUT2D eigenvalue weighted by molar-refractivity contribution is 5.95. The zero-order valence-electron chi connectivity index (χ0n) is 22.5. The van der Waals surface area contributed by atoms with E-state index in [9.17, 15) is 24.3 Å². The molecule has 1 saturated heterocycles.